The summed E-state index contributed by atoms with van der Waals surface area (Å²) in [6, 6.07) is 0. The molecule has 1 atom stereocenters. The third-order valence-electron chi connectivity index (χ3n) is 4.86. The first-order valence-electron chi connectivity index (χ1n) is 10.2. The Morgan fingerprint density at radius 2 is 1.53 bits per heavy atom. The van der Waals surface area contributed by atoms with Gasteiger partial charge in [-0.3, -0.25) is 9.35 Å². The molecule has 16 heteroatoms. The summed E-state index contributed by atoms with van der Waals surface area (Å²) in [5, 5.41) is -5.94. The standard InChI is InChI=1S/C18H25F7O8S/c1-11(2)32-14(27)16(17(21,22)23,33-13(26)12-7-4-3-5-8-12)31-10-6-9-15(19,20)18(24,25)34(28,29)30/h11-12H,3-10H2,1-2H3,(H,28,29,30). The van der Waals surface area contributed by atoms with E-state index in [0.717, 1.165) is 6.42 Å². The molecule has 1 saturated carbocycles. The van der Waals surface area contributed by atoms with E-state index in [-0.39, 0.29) is 12.8 Å². The molecule has 0 saturated heterocycles. The molecule has 0 bridgehead atoms. The van der Waals surface area contributed by atoms with Gasteiger partial charge in [0.2, 0.25) is 0 Å². The fourth-order valence-corrected chi connectivity index (χ4v) is 3.56. The average Bonchev–Trinajstić information content (AvgIpc) is 2.68. The summed E-state index contributed by atoms with van der Waals surface area (Å²) < 4.78 is 138. The van der Waals surface area contributed by atoms with Gasteiger partial charge in [0, 0.05) is 6.42 Å². The number of esters is 2. The van der Waals surface area contributed by atoms with Crippen molar-refractivity contribution in [1.29, 1.82) is 0 Å². The van der Waals surface area contributed by atoms with E-state index in [2.05, 4.69) is 14.2 Å². The Morgan fingerprint density at radius 1 is 1.00 bits per heavy atom. The molecule has 1 unspecified atom stereocenters. The second-order valence-electron chi connectivity index (χ2n) is 7.97. The van der Waals surface area contributed by atoms with Crippen molar-refractivity contribution in [1.82, 2.24) is 0 Å². The molecule has 0 aliphatic heterocycles. The molecule has 1 fully saturated rings. The van der Waals surface area contributed by atoms with E-state index in [1.54, 1.807) is 0 Å². The summed E-state index contributed by atoms with van der Waals surface area (Å²) in [5.74, 6) is -14.4. The molecule has 1 N–H and O–H groups in total. The first kappa shape index (κ1) is 30.4. The summed E-state index contributed by atoms with van der Waals surface area (Å²) >= 11 is 0. The van der Waals surface area contributed by atoms with Crippen molar-refractivity contribution in [3.05, 3.63) is 0 Å². The summed E-state index contributed by atoms with van der Waals surface area (Å²) in [7, 11) is -6.55. The van der Waals surface area contributed by atoms with Crippen molar-refractivity contribution in [3.8, 4) is 0 Å². The highest BCUT2D eigenvalue weighted by atomic mass is 32.2. The van der Waals surface area contributed by atoms with Crippen molar-refractivity contribution in [2.24, 2.45) is 5.92 Å². The number of carbonyl (C=O) groups is 2. The number of hydrogen-bond acceptors (Lipinski definition) is 7. The normalized spacial score (nSPS) is 18.4. The Balaban J connectivity index is 3.12. The number of carbonyl (C=O) groups excluding carboxylic acids is 2. The zero-order chi connectivity index (χ0) is 26.6. The van der Waals surface area contributed by atoms with Crippen LogP contribution in [-0.2, 0) is 33.9 Å². The molecular formula is C18H25F7O8S. The van der Waals surface area contributed by atoms with E-state index in [0.29, 0.717) is 12.8 Å². The lowest BCUT2D eigenvalue weighted by Gasteiger charge is -2.34. The zero-order valence-electron chi connectivity index (χ0n) is 18.2. The van der Waals surface area contributed by atoms with Crippen LogP contribution in [0.5, 0.6) is 0 Å². The van der Waals surface area contributed by atoms with E-state index in [4.69, 9.17) is 4.55 Å². The van der Waals surface area contributed by atoms with E-state index >= 15 is 0 Å². The van der Waals surface area contributed by atoms with Crippen LogP contribution in [0, 0.1) is 5.92 Å². The fraction of sp³-hybridized carbons (Fsp3) is 0.889. The summed E-state index contributed by atoms with van der Waals surface area (Å²) in [6.07, 6.45) is -8.25. The molecule has 0 aromatic heterocycles. The second kappa shape index (κ2) is 10.9. The predicted molar refractivity (Wildman–Crippen MR) is 99.3 cm³/mol. The van der Waals surface area contributed by atoms with Crippen LogP contribution < -0.4 is 0 Å². The minimum Gasteiger partial charge on any atom is -0.458 e. The summed E-state index contributed by atoms with van der Waals surface area (Å²) in [5.41, 5.74) is 0. The highest BCUT2D eigenvalue weighted by Gasteiger charge is 2.69. The predicted octanol–water partition coefficient (Wildman–Crippen LogP) is 4.23. The second-order valence-corrected chi connectivity index (χ2v) is 9.44. The average molecular weight is 534 g/mol. The maximum Gasteiger partial charge on any atom is 0.468 e. The molecule has 8 nitrogen and oxygen atoms in total. The van der Waals surface area contributed by atoms with Crippen LogP contribution in [-0.4, -0.2) is 60.8 Å². The summed E-state index contributed by atoms with van der Waals surface area (Å²) in [4.78, 5) is 24.7. The van der Waals surface area contributed by atoms with Gasteiger partial charge < -0.3 is 14.2 Å². The lowest BCUT2D eigenvalue weighted by atomic mass is 9.89. The smallest absolute Gasteiger partial charge is 0.458 e. The van der Waals surface area contributed by atoms with Crippen LogP contribution in [0.1, 0.15) is 58.8 Å². The molecule has 0 aromatic rings. The molecule has 1 rings (SSSR count). The largest absolute Gasteiger partial charge is 0.468 e. The maximum absolute atomic E-state index is 13.9. The molecule has 0 heterocycles. The van der Waals surface area contributed by atoms with Crippen LogP contribution in [0.3, 0.4) is 0 Å². The van der Waals surface area contributed by atoms with Crippen molar-refractivity contribution in [2.45, 2.75) is 88.0 Å². The molecule has 1 aliphatic rings. The van der Waals surface area contributed by atoms with E-state index in [1.807, 2.05) is 0 Å². The lowest BCUT2D eigenvalue weighted by molar-refractivity contribution is -0.358. The Labute approximate surface area is 190 Å². The van der Waals surface area contributed by atoms with Gasteiger partial charge in [-0.1, -0.05) is 19.3 Å². The number of alkyl halides is 7. The maximum atomic E-state index is 13.9. The van der Waals surface area contributed by atoms with Crippen molar-refractivity contribution >= 4 is 22.1 Å². The molecule has 0 spiro atoms. The molecular weight excluding hydrogens is 509 g/mol. The fourth-order valence-electron chi connectivity index (χ4n) is 3.08. The molecule has 200 valence electrons. The highest BCUT2D eigenvalue weighted by Crippen LogP contribution is 2.42. The van der Waals surface area contributed by atoms with Gasteiger partial charge in [0.05, 0.1) is 18.6 Å². The quantitative estimate of drug-likeness (QED) is 0.138. The Kier molecular flexibility index (Phi) is 9.76. The van der Waals surface area contributed by atoms with Gasteiger partial charge in [0.15, 0.2) is 0 Å². The third-order valence-corrected chi connectivity index (χ3v) is 5.80. The van der Waals surface area contributed by atoms with Gasteiger partial charge in [-0.15, -0.1) is 0 Å². The molecule has 34 heavy (non-hydrogen) atoms. The molecule has 1 aliphatic carbocycles. The summed E-state index contributed by atoms with van der Waals surface area (Å²) in [6.45, 7) is 0.835. The molecule has 0 radical (unpaired) electrons. The van der Waals surface area contributed by atoms with E-state index in [1.165, 1.54) is 13.8 Å². The number of hydrogen-bond donors (Lipinski definition) is 1. The van der Waals surface area contributed by atoms with Gasteiger partial charge in [-0.25, -0.2) is 4.79 Å². The third kappa shape index (κ3) is 6.93. The topological polar surface area (TPSA) is 116 Å². The minimum absolute atomic E-state index is 0.170. The number of halogens is 7. The van der Waals surface area contributed by atoms with Crippen LogP contribution in [0.25, 0.3) is 0 Å². The minimum atomic E-state index is -6.55. The van der Waals surface area contributed by atoms with Gasteiger partial charge >= 0.3 is 45.2 Å². The Hall–Kier alpha value is -1.68. The van der Waals surface area contributed by atoms with Gasteiger partial charge in [-0.2, -0.15) is 39.2 Å². The van der Waals surface area contributed by atoms with Crippen LogP contribution in [0.4, 0.5) is 30.7 Å². The molecule has 0 amide bonds. The monoisotopic (exact) mass is 534 g/mol. The molecule has 0 aromatic carbocycles. The van der Waals surface area contributed by atoms with Gasteiger partial charge in [0.1, 0.15) is 0 Å². The van der Waals surface area contributed by atoms with Crippen LogP contribution in [0.15, 0.2) is 0 Å². The van der Waals surface area contributed by atoms with E-state index < -0.39 is 76.7 Å². The van der Waals surface area contributed by atoms with Gasteiger partial charge in [-0.05, 0) is 33.1 Å². The Morgan fingerprint density at radius 3 is 1.97 bits per heavy atom. The first-order valence-corrected chi connectivity index (χ1v) is 11.6. The van der Waals surface area contributed by atoms with Crippen molar-refractivity contribution in [2.75, 3.05) is 6.61 Å². The number of rotatable bonds is 11. The first-order chi connectivity index (χ1) is 15.3. The zero-order valence-corrected chi connectivity index (χ0v) is 19.0. The Bertz CT molecular complexity index is 823. The SMILES string of the molecule is CC(C)OC(=O)C(OCCCC(F)(F)C(F)(F)S(=O)(=O)O)(OC(=O)C1CCCCC1)C(F)(F)F. The lowest BCUT2D eigenvalue weighted by Crippen LogP contribution is -2.59. The number of ether oxygens (including phenoxy) is 3. The van der Waals surface area contributed by atoms with Crippen molar-refractivity contribution in [3.63, 3.8) is 0 Å². The highest BCUT2D eigenvalue weighted by molar-refractivity contribution is 7.87. The van der Waals surface area contributed by atoms with Gasteiger partial charge in [0.25, 0.3) is 0 Å². The van der Waals surface area contributed by atoms with Crippen LogP contribution >= 0.6 is 0 Å². The van der Waals surface area contributed by atoms with E-state index in [9.17, 15) is 48.7 Å². The van der Waals surface area contributed by atoms with Crippen LogP contribution in [0.2, 0.25) is 0 Å². The van der Waals surface area contributed by atoms with Crippen molar-refractivity contribution < 1.29 is 67.5 Å².